The van der Waals surface area contributed by atoms with E-state index in [2.05, 4.69) is 27.1 Å². The summed E-state index contributed by atoms with van der Waals surface area (Å²) in [5.74, 6) is 2.63. The van der Waals surface area contributed by atoms with E-state index in [0.717, 1.165) is 24.1 Å². The fourth-order valence-electron chi connectivity index (χ4n) is 2.48. The van der Waals surface area contributed by atoms with Crippen molar-refractivity contribution in [3.05, 3.63) is 12.4 Å². The molecule has 0 aliphatic heterocycles. The number of nitrogens with two attached hydrogens (primary N) is 1. The van der Waals surface area contributed by atoms with Crippen molar-refractivity contribution in [1.82, 2.24) is 9.97 Å². The third kappa shape index (κ3) is 3.80. The van der Waals surface area contributed by atoms with Gasteiger partial charge < -0.3 is 16.0 Å². The van der Waals surface area contributed by atoms with Crippen LogP contribution in [0.5, 0.6) is 0 Å². The Morgan fingerprint density at radius 1 is 1.42 bits per heavy atom. The Morgan fingerprint density at radius 3 is 2.84 bits per heavy atom. The monoisotopic (exact) mass is 263 g/mol. The number of aromatic nitrogens is 2. The molecule has 5 nitrogen and oxygen atoms in total. The number of hydrogen-bond donors (Lipinski definition) is 2. The Kier molecular flexibility index (Phi) is 4.96. The number of likely N-dealkylation sites (N-methyl/N-ethyl adjacent to an activating group) is 1. The van der Waals surface area contributed by atoms with E-state index in [1.807, 2.05) is 13.1 Å². The fraction of sp³-hybridized carbons (Fsp3) is 0.714. The normalized spacial score (nSPS) is 17.4. The Bertz CT molecular complexity index is 389. The van der Waals surface area contributed by atoms with Gasteiger partial charge in [-0.1, -0.05) is 12.8 Å². The van der Waals surface area contributed by atoms with E-state index in [1.165, 1.54) is 25.7 Å². The molecule has 0 bridgehead atoms. The van der Waals surface area contributed by atoms with E-state index in [9.17, 15) is 0 Å². The zero-order chi connectivity index (χ0) is 13.7. The van der Waals surface area contributed by atoms with Crippen LogP contribution in [0.1, 0.15) is 32.6 Å². The molecule has 1 aromatic rings. The molecular weight excluding hydrogens is 238 g/mol. The molecule has 1 aromatic heterocycles. The van der Waals surface area contributed by atoms with Gasteiger partial charge in [-0.05, 0) is 25.7 Å². The van der Waals surface area contributed by atoms with Crippen LogP contribution in [0.2, 0.25) is 0 Å². The zero-order valence-electron chi connectivity index (χ0n) is 12.0. The van der Waals surface area contributed by atoms with Gasteiger partial charge in [-0.15, -0.1) is 0 Å². The first-order valence-corrected chi connectivity index (χ1v) is 7.19. The molecule has 0 aromatic carbocycles. The summed E-state index contributed by atoms with van der Waals surface area (Å²) >= 11 is 0. The summed E-state index contributed by atoms with van der Waals surface area (Å²) in [6.45, 7) is 3.73. The van der Waals surface area contributed by atoms with Crippen LogP contribution in [0.4, 0.5) is 11.6 Å². The number of nitrogens with one attached hydrogen (secondary N) is 1. The lowest BCUT2D eigenvalue weighted by molar-refractivity contribution is 0.578. The molecule has 1 fully saturated rings. The largest absolute Gasteiger partial charge is 0.370 e. The molecule has 0 amide bonds. The number of nitrogens with zero attached hydrogens (tertiary/aromatic N) is 3. The van der Waals surface area contributed by atoms with Crippen LogP contribution >= 0.6 is 0 Å². The average Bonchev–Trinajstić information content (AvgIpc) is 2.97. The summed E-state index contributed by atoms with van der Waals surface area (Å²) in [5.41, 5.74) is 5.69. The minimum atomic E-state index is 0.276. The van der Waals surface area contributed by atoms with Crippen LogP contribution in [-0.2, 0) is 0 Å². The predicted octanol–water partition coefficient (Wildman–Crippen LogP) is 1.86. The third-order valence-corrected chi connectivity index (χ3v) is 4.06. The second kappa shape index (κ2) is 6.70. The molecule has 19 heavy (non-hydrogen) atoms. The first-order valence-electron chi connectivity index (χ1n) is 7.19. The maximum absolute atomic E-state index is 5.69. The van der Waals surface area contributed by atoms with E-state index in [1.54, 1.807) is 6.33 Å². The molecule has 1 aliphatic carbocycles. The van der Waals surface area contributed by atoms with Crippen molar-refractivity contribution < 1.29 is 0 Å². The topological polar surface area (TPSA) is 67.1 Å². The highest BCUT2D eigenvalue weighted by molar-refractivity contribution is 5.48. The standard InChI is InChI=1S/C14H25N5/c1-11(8-15)19(2)14-7-13(17-10-18-14)16-9-12-5-3-4-6-12/h7,10-12H,3-6,8-9,15H2,1-2H3,(H,16,17,18). The highest BCUT2D eigenvalue weighted by atomic mass is 15.2. The Balaban J connectivity index is 1.94. The van der Waals surface area contributed by atoms with Crippen LogP contribution in [0.3, 0.4) is 0 Å². The van der Waals surface area contributed by atoms with Gasteiger partial charge in [-0.3, -0.25) is 0 Å². The fourth-order valence-corrected chi connectivity index (χ4v) is 2.48. The van der Waals surface area contributed by atoms with E-state index in [-0.39, 0.29) is 6.04 Å². The van der Waals surface area contributed by atoms with Gasteiger partial charge in [0.2, 0.25) is 0 Å². The summed E-state index contributed by atoms with van der Waals surface area (Å²) in [7, 11) is 2.01. The summed E-state index contributed by atoms with van der Waals surface area (Å²) < 4.78 is 0. The molecule has 3 N–H and O–H groups in total. The van der Waals surface area contributed by atoms with Gasteiger partial charge in [0.05, 0.1) is 0 Å². The minimum Gasteiger partial charge on any atom is -0.370 e. The van der Waals surface area contributed by atoms with Crippen molar-refractivity contribution in [2.24, 2.45) is 11.7 Å². The van der Waals surface area contributed by atoms with Crippen LogP contribution in [0, 0.1) is 5.92 Å². The van der Waals surface area contributed by atoms with Gasteiger partial charge in [0.15, 0.2) is 0 Å². The van der Waals surface area contributed by atoms with Crippen molar-refractivity contribution in [3.63, 3.8) is 0 Å². The van der Waals surface area contributed by atoms with Crippen LogP contribution in [-0.4, -0.2) is 36.1 Å². The van der Waals surface area contributed by atoms with E-state index < -0.39 is 0 Å². The van der Waals surface area contributed by atoms with Crippen LogP contribution in [0.15, 0.2) is 12.4 Å². The van der Waals surface area contributed by atoms with Gasteiger partial charge in [0.25, 0.3) is 0 Å². The highest BCUT2D eigenvalue weighted by Gasteiger charge is 2.15. The van der Waals surface area contributed by atoms with Gasteiger partial charge in [-0.25, -0.2) is 9.97 Å². The first kappa shape index (κ1) is 14.1. The maximum atomic E-state index is 5.69. The molecule has 1 unspecified atom stereocenters. The summed E-state index contributed by atoms with van der Waals surface area (Å²) in [5, 5.41) is 3.43. The van der Waals surface area contributed by atoms with Gasteiger partial charge in [-0.2, -0.15) is 0 Å². The predicted molar refractivity (Wildman–Crippen MR) is 79.4 cm³/mol. The van der Waals surface area contributed by atoms with Crippen molar-refractivity contribution in [3.8, 4) is 0 Å². The summed E-state index contributed by atoms with van der Waals surface area (Å²) in [4.78, 5) is 10.7. The molecule has 2 rings (SSSR count). The lowest BCUT2D eigenvalue weighted by atomic mass is 10.1. The third-order valence-electron chi connectivity index (χ3n) is 4.06. The van der Waals surface area contributed by atoms with Crippen molar-refractivity contribution in [2.45, 2.75) is 38.6 Å². The van der Waals surface area contributed by atoms with E-state index in [4.69, 9.17) is 5.73 Å². The van der Waals surface area contributed by atoms with Crippen LogP contribution < -0.4 is 16.0 Å². The van der Waals surface area contributed by atoms with Crippen molar-refractivity contribution in [2.75, 3.05) is 30.4 Å². The lowest BCUT2D eigenvalue weighted by Gasteiger charge is -2.24. The van der Waals surface area contributed by atoms with Gasteiger partial charge >= 0.3 is 0 Å². The lowest BCUT2D eigenvalue weighted by Crippen LogP contribution is -2.35. The van der Waals surface area contributed by atoms with E-state index in [0.29, 0.717) is 6.54 Å². The second-order valence-electron chi connectivity index (χ2n) is 5.49. The Hall–Kier alpha value is -1.36. The number of rotatable bonds is 6. The molecular formula is C14H25N5. The Morgan fingerprint density at radius 2 is 2.16 bits per heavy atom. The second-order valence-corrected chi connectivity index (χ2v) is 5.49. The average molecular weight is 263 g/mol. The highest BCUT2D eigenvalue weighted by Crippen LogP contribution is 2.25. The van der Waals surface area contributed by atoms with Crippen LogP contribution in [0.25, 0.3) is 0 Å². The first-order chi connectivity index (χ1) is 9.20. The number of anilines is 2. The molecule has 0 radical (unpaired) electrons. The molecule has 0 saturated heterocycles. The molecule has 5 heteroatoms. The SMILES string of the molecule is CC(CN)N(C)c1cc(NCC2CCCC2)ncn1. The number of hydrogen-bond acceptors (Lipinski definition) is 5. The zero-order valence-corrected chi connectivity index (χ0v) is 12.0. The molecule has 1 atom stereocenters. The molecule has 1 aliphatic rings. The molecule has 1 heterocycles. The minimum absolute atomic E-state index is 0.276. The Labute approximate surface area is 115 Å². The quantitative estimate of drug-likeness (QED) is 0.820. The van der Waals surface area contributed by atoms with Gasteiger partial charge in [0.1, 0.15) is 18.0 Å². The van der Waals surface area contributed by atoms with Crippen molar-refractivity contribution >= 4 is 11.6 Å². The molecule has 0 spiro atoms. The maximum Gasteiger partial charge on any atom is 0.134 e. The smallest absolute Gasteiger partial charge is 0.134 e. The molecule has 1 saturated carbocycles. The van der Waals surface area contributed by atoms with Crippen molar-refractivity contribution in [1.29, 1.82) is 0 Å². The van der Waals surface area contributed by atoms with Gasteiger partial charge in [0, 0.05) is 32.2 Å². The van der Waals surface area contributed by atoms with E-state index >= 15 is 0 Å². The summed E-state index contributed by atoms with van der Waals surface area (Å²) in [6.07, 6.45) is 7.05. The molecule has 106 valence electrons. The summed E-state index contributed by atoms with van der Waals surface area (Å²) in [6, 6.07) is 2.28.